The Bertz CT molecular complexity index is 1000. The molecule has 2 aromatic carbocycles. The van der Waals surface area contributed by atoms with Crippen molar-refractivity contribution in [1.82, 2.24) is 15.0 Å². The SMILES string of the molecule is COc1ccc(-c2noc([C@@H]3CCCN3C(=O)c3cc(F)ccc3F)n2)cc1. The fourth-order valence-corrected chi connectivity index (χ4v) is 3.31. The molecule has 3 aromatic rings. The summed E-state index contributed by atoms with van der Waals surface area (Å²) in [4.78, 5) is 18.6. The Labute approximate surface area is 159 Å². The number of carbonyl (C=O) groups is 1. The van der Waals surface area contributed by atoms with Gasteiger partial charge in [0.1, 0.15) is 23.4 Å². The summed E-state index contributed by atoms with van der Waals surface area (Å²) in [5.41, 5.74) is 0.435. The largest absolute Gasteiger partial charge is 0.497 e. The zero-order valence-electron chi connectivity index (χ0n) is 15.1. The van der Waals surface area contributed by atoms with Gasteiger partial charge in [-0.1, -0.05) is 5.16 Å². The van der Waals surface area contributed by atoms with E-state index in [1.807, 2.05) is 0 Å². The van der Waals surface area contributed by atoms with Crippen LogP contribution in [0.5, 0.6) is 5.75 Å². The Kier molecular flexibility index (Phi) is 4.77. The predicted octanol–water partition coefficient (Wildman–Crippen LogP) is 4.00. The molecule has 0 bridgehead atoms. The Balaban J connectivity index is 1.59. The number of hydrogen-bond donors (Lipinski definition) is 0. The third-order valence-corrected chi connectivity index (χ3v) is 4.75. The number of aromatic nitrogens is 2. The predicted molar refractivity (Wildman–Crippen MR) is 95.7 cm³/mol. The smallest absolute Gasteiger partial charge is 0.257 e. The molecule has 0 radical (unpaired) electrons. The van der Waals surface area contributed by atoms with Crippen LogP contribution in [-0.4, -0.2) is 34.6 Å². The number of carbonyl (C=O) groups excluding carboxylic acids is 1. The van der Waals surface area contributed by atoms with E-state index in [2.05, 4.69) is 10.1 Å². The first-order valence-electron chi connectivity index (χ1n) is 8.81. The number of hydrogen-bond acceptors (Lipinski definition) is 5. The molecule has 0 aliphatic carbocycles. The van der Waals surface area contributed by atoms with Crippen molar-refractivity contribution in [2.24, 2.45) is 0 Å². The Morgan fingerprint density at radius 3 is 2.75 bits per heavy atom. The highest BCUT2D eigenvalue weighted by molar-refractivity contribution is 5.95. The van der Waals surface area contributed by atoms with Crippen LogP contribution in [0.25, 0.3) is 11.4 Å². The van der Waals surface area contributed by atoms with Crippen molar-refractivity contribution in [2.45, 2.75) is 18.9 Å². The minimum Gasteiger partial charge on any atom is -0.497 e. The maximum Gasteiger partial charge on any atom is 0.257 e. The zero-order chi connectivity index (χ0) is 19.7. The minimum atomic E-state index is -0.762. The molecule has 0 unspecified atom stereocenters. The van der Waals surface area contributed by atoms with Gasteiger partial charge in [0.25, 0.3) is 5.91 Å². The van der Waals surface area contributed by atoms with Crippen LogP contribution in [0.4, 0.5) is 8.78 Å². The molecule has 1 amide bonds. The number of benzene rings is 2. The van der Waals surface area contributed by atoms with Gasteiger partial charge in [0.05, 0.1) is 12.7 Å². The molecular weight excluding hydrogens is 368 g/mol. The molecule has 4 rings (SSSR count). The topological polar surface area (TPSA) is 68.5 Å². The highest BCUT2D eigenvalue weighted by atomic mass is 19.1. The fourth-order valence-electron chi connectivity index (χ4n) is 3.31. The zero-order valence-corrected chi connectivity index (χ0v) is 15.1. The molecule has 8 heteroatoms. The lowest BCUT2D eigenvalue weighted by molar-refractivity contribution is 0.0704. The molecule has 0 N–H and O–H groups in total. The van der Waals surface area contributed by atoms with Crippen molar-refractivity contribution in [2.75, 3.05) is 13.7 Å². The van der Waals surface area contributed by atoms with Gasteiger partial charge in [-0.05, 0) is 55.3 Å². The van der Waals surface area contributed by atoms with Gasteiger partial charge in [-0.25, -0.2) is 8.78 Å². The second-order valence-electron chi connectivity index (χ2n) is 6.47. The summed E-state index contributed by atoms with van der Waals surface area (Å²) in [6, 6.07) is 9.51. The summed E-state index contributed by atoms with van der Waals surface area (Å²) in [5.74, 6) is -0.662. The second kappa shape index (κ2) is 7.38. The quantitative estimate of drug-likeness (QED) is 0.679. The van der Waals surface area contributed by atoms with Crippen molar-refractivity contribution < 1.29 is 22.8 Å². The molecule has 6 nitrogen and oxygen atoms in total. The number of methoxy groups -OCH3 is 1. The number of likely N-dealkylation sites (tertiary alicyclic amines) is 1. The van der Waals surface area contributed by atoms with Crippen LogP contribution in [0.15, 0.2) is 47.0 Å². The molecule has 0 spiro atoms. The second-order valence-corrected chi connectivity index (χ2v) is 6.47. The highest BCUT2D eigenvalue weighted by Gasteiger charge is 2.35. The molecule has 144 valence electrons. The lowest BCUT2D eigenvalue weighted by atomic mass is 10.1. The number of rotatable bonds is 4. The fraction of sp³-hybridized carbons (Fsp3) is 0.250. The van der Waals surface area contributed by atoms with E-state index < -0.39 is 23.6 Å². The average molecular weight is 385 g/mol. The lowest BCUT2D eigenvalue weighted by Gasteiger charge is -2.22. The van der Waals surface area contributed by atoms with E-state index in [4.69, 9.17) is 9.26 Å². The maximum atomic E-state index is 14.0. The van der Waals surface area contributed by atoms with E-state index in [1.165, 1.54) is 4.90 Å². The standard InChI is InChI=1S/C20H17F2N3O3/c1-27-14-7-4-12(5-8-14)18-23-19(28-24-18)17-3-2-10-25(17)20(26)15-11-13(21)6-9-16(15)22/h4-9,11,17H,2-3,10H2,1H3/t17-/m0/s1. The van der Waals surface area contributed by atoms with Crippen molar-refractivity contribution in [3.63, 3.8) is 0 Å². The molecule has 28 heavy (non-hydrogen) atoms. The van der Waals surface area contributed by atoms with Crippen LogP contribution in [0.2, 0.25) is 0 Å². The first-order valence-corrected chi connectivity index (χ1v) is 8.81. The molecule has 1 atom stereocenters. The van der Waals surface area contributed by atoms with E-state index in [1.54, 1.807) is 31.4 Å². The molecule has 2 heterocycles. The van der Waals surface area contributed by atoms with Gasteiger partial charge in [0, 0.05) is 12.1 Å². The molecule has 0 saturated carbocycles. The minimum absolute atomic E-state index is 0.272. The lowest BCUT2D eigenvalue weighted by Crippen LogP contribution is -2.31. The Hall–Kier alpha value is -3.29. The summed E-state index contributed by atoms with van der Waals surface area (Å²) >= 11 is 0. The van der Waals surface area contributed by atoms with Gasteiger partial charge in [-0.15, -0.1) is 0 Å². The van der Waals surface area contributed by atoms with Gasteiger partial charge >= 0.3 is 0 Å². The van der Waals surface area contributed by atoms with Crippen LogP contribution in [0.3, 0.4) is 0 Å². The molecule has 1 aliphatic heterocycles. The Morgan fingerprint density at radius 1 is 1.21 bits per heavy atom. The van der Waals surface area contributed by atoms with E-state index in [9.17, 15) is 13.6 Å². The van der Waals surface area contributed by atoms with Gasteiger partial charge in [0.2, 0.25) is 11.7 Å². The molecule has 1 aromatic heterocycles. The third-order valence-electron chi connectivity index (χ3n) is 4.75. The number of halogens is 2. The van der Waals surface area contributed by atoms with E-state index >= 15 is 0 Å². The summed E-state index contributed by atoms with van der Waals surface area (Å²) in [6.45, 7) is 0.402. The van der Waals surface area contributed by atoms with Crippen LogP contribution < -0.4 is 4.74 Å². The average Bonchev–Trinajstić information content (AvgIpc) is 3.38. The summed E-state index contributed by atoms with van der Waals surface area (Å²) in [7, 11) is 1.58. The van der Waals surface area contributed by atoms with E-state index in [0.29, 0.717) is 31.0 Å². The van der Waals surface area contributed by atoms with E-state index in [-0.39, 0.29) is 11.5 Å². The normalized spacial score (nSPS) is 16.4. The summed E-state index contributed by atoms with van der Waals surface area (Å²) < 4.78 is 38.0. The van der Waals surface area contributed by atoms with Gasteiger partial charge in [-0.3, -0.25) is 4.79 Å². The molecule has 1 aliphatic rings. The summed E-state index contributed by atoms with van der Waals surface area (Å²) in [6.07, 6.45) is 1.31. The van der Waals surface area contributed by atoms with Gasteiger partial charge < -0.3 is 14.2 Å². The number of amides is 1. The van der Waals surface area contributed by atoms with Crippen molar-refractivity contribution in [3.8, 4) is 17.1 Å². The Morgan fingerprint density at radius 2 is 2.00 bits per heavy atom. The van der Waals surface area contributed by atoms with Crippen molar-refractivity contribution in [1.29, 1.82) is 0 Å². The van der Waals surface area contributed by atoms with Crippen LogP contribution in [0, 0.1) is 11.6 Å². The number of ether oxygens (including phenoxy) is 1. The molecule has 1 saturated heterocycles. The first kappa shape index (κ1) is 18.1. The third kappa shape index (κ3) is 3.33. The highest BCUT2D eigenvalue weighted by Crippen LogP contribution is 2.33. The van der Waals surface area contributed by atoms with Gasteiger partial charge in [-0.2, -0.15) is 4.98 Å². The number of nitrogens with zero attached hydrogens (tertiary/aromatic N) is 3. The van der Waals surface area contributed by atoms with Gasteiger partial charge in [0.15, 0.2) is 0 Å². The van der Waals surface area contributed by atoms with Crippen LogP contribution in [0.1, 0.15) is 35.1 Å². The monoisotopic (exact) mass is 385 g/mol. The molecular formula is C20H17F2N3O3. The van der Waals surface area contributed by atoms with Crippen molar-refractivity contribution >= 4 is 5.91 Å². The van der Waals surface area contributed by atoms with Crippen LogP contribution in [-0.2, 0) is 0 Å². The maximum absolute atomic E-state index is 14.0. The molecule has 1 fully saturated rings. The van der Waals surface area contributed by atoms with Crippen molar-refractivity contribution in [3.05, 3.63) is 65.6 Å². The van der Waals surface area contributed by atoms with E-state index in [0.717, 1.165) is 23.8 Å². The van der Waals surface area contributed by atoms with Crippen LogP contribution >= 0.6 is 0 Å². The summed E-state index contributed by atoms with van der Waals surface area (Å²) in [5, 5.41) is 3.99. The first-order chi connectivity index (χ1) is 13.6.